The Morgan fingerprint density at radius 2 is 2.00 bits per heavy atom. The van der Waals surface area contributed by atoms with Crippen molar-refractivity contribution in [2.24, 2.45) is 5.73 Å². The summed E-state index contributed by atoms with van der Waals surface area (Å²) < 4.78 is 32.5. The number of para-hydroxylation sites is 1. The molecule has 0 aliphatic heterocycles. The normalized spacial score (nSPS) is 10.5. The van der Waals surface area contributed by atoms with E-state index in [0.717, 1.165) is 0 Å². The first kappa shape index (κ1) is 15.1. The zero-order valence-electron chi connectivity index (χ0n) is 10.5. The summed E-state index contributed by atoms with van der Waals surface area (Å²) in [6.07, 6.45) is 0. The molecule has 0 bridgehead atoms. The van der Waals surface area contributed by atoms with Gasteiger partial charge in [0.05, 0.1) is 16.0 Å². The molecule has 0 atom stereocenters. The Hall–Kier alpha value is -2.25. The number of hydrogen-bond donors (Lipinski definition) is 1. The van der Waals surface area contributed by atoms with Gasteiger partial charge in [-0.2, -0.15) is 4.39 Å². The Labute approximate surface area is 123 Å². The van der Waals surface area contributed by atoms with Crippen molar-refractivity contribution in [2.75, 3.05) is 0 Å². The number of nitro groups is 1. The van der Waals surface area contributed by atoms with Gasteiger partial charge in [0.25, 0.3) is 0 Å². The number of hydrogen-bond acceptors (Lipinski definition) is 4. The standard InChI is InChI=1S/C13H9ClF2N2O3/c14-8-3-1-2-7(6-17)13(8)21-12-5-9(15)11(18(19)20)4-10(12)16/h1-5H,6,17H2. The van der Waals surface area contributed by atoms with Gasteiger partial charge in [-0.15, -0.1) is 0 Å². The first-order chi connectivity index (χ1) is 9.93. The third-order valence-corrected chi connectivity index (χ3v) is 2.98. The van der Waals surface area contributed by atoms with E-state index in [1.807, 2.05) is 0 Å². The lowest BCUT2D eigenvalue weighted by molar-refractivity contribution is -0.387. The van der Waals surface area contributed by atoms with Gasteiger partial charge in [-0.1, -0.05) is 23.7 Å². The van der Waals surface area contributed by atoms with E-state index in [-0.39, 0.29) is 17.3 Å². The van der Waals surface area contributed by atoms with Crippen molar-refractivity contribution < 1.29 is 18.4 Å². The fourth-order valence-electron chi connectivity index (χ4n) is 1.67. The average Bonchev–Trinajstić information content (AvgIpc) is 2.44. The summed E-state index contributed by atoms with van der Waals surface area (Å²) in [5, 5.41) is 10.7. The molecule has 2 rings (SSSR count). The van der Waals surface area contributed by atoms with Crippen molar-refractivity contribution in [3.05, 3.63) is 62.7 Å². The van der Waals surface area contributed by atoms with Crippen molar-refractivity contribution in [3.63, 3.8) is 0 Å². The zero-order valence-corrected chi connectivity index (χ0v) is 11.2. The van der Waals surface area contributed by atoms with Gasteiger partial charge in [-0.3, -0.25) is 10.1 Å². The molecule has 0 fully saturated rings. The maximum atomic E-state index is 13.8. The highest BCUT2D eigenvalue weighted by Crippen LogP contribution is 2.35. The third kappa shape index (κ3) is 3.09. The van der Waals surface area contributed by atoms with E-state index in [1.54, 1.807) is 12.1 Å². The summed E-state index contributed by atoms with van der Waals surface area (Å²) in [5.74, 6) is -2.72. The van der Waals surface area contributed by atoms with Crippen molar-refractivity contribution in [1.29, 1.82) is 0 Å². The van der Waals surface area contributed by atoms with Crippen LogP contribution < -0.4 is 10.5 Å². The molecule has 0 heterocycles. The van der Waals surface area contributed by atoms with Crippen LogP contribution in [0.3, 0.4) is 0 Å². The van der Waals surface area contributed by atoms with E-state index >= 15 is 0 Å². The maximum absolute atomic E-state index is 13.8. The highest BCUT2D eigenvalue weighted by molar-refractivity contribution is 6.32. The lowest BCUT2D eigenvalue weighted by Crippen LogP contribution is -2.01. The molecular weight excluding hydrogens is 306 g/mol. The summed E-state index contributed by atoms with van der Waals surface area (Å²) in [6, 6.07) is 5.78. The van der Waals surface area contributed by atoms with Crippen LogP contribution in [-0.4, -0.2) is 4.92 Å². The fourth-order valence-corrected chi connectivity index (χ4v) is 1.91. The van der Waals surface area contributed by atoms with E-state index in [4.69, 9.17) is 22.1 Å². The van der Waals surface area contributed by atoms with Gasteiger partial charge in [0.2, 0.25) is 5.82 Å². The SMILES string of the molecule is NCc1cccc(Cl)c1Oc1cc(F)c([N+](=O)[O-])cc1F. The summed E-state index contributed by atoms with van der Waals surface area (Å²) in [4.78, 5) is 9.49. The molecule has 110 valence electrons. The lowest BCUT2D eigenvalue weighted by atomic mass is 10.2. The van der Waals surface area contributed by atoms with Crippen LogP contribution in [0, 0.1) is 21.7 Å². The highest BCUT2D eigenvalue weighted by Gasteiger charge is 2.20. The van der Waals surface area contributed by atoms with Crippen molar-refractivity contribution in [2.45, 2.75) is 6.54 Å². The first-order valence-corrected chi connectivity index (χ1v) is 6.10. The van der Waals surface area contributed by atoms with E-state index in [2.05, 4.69) is 0 Å². The molecule has 8 heteroatoms. The summed E-state index contributed by atoms with van der Waals surface area (Å²) in [6.45, 7) is 0.0764. The van der Waals surface area contributed by atoms with Gasteiger partial charge in [-0.25, -0.2) is 4.39 Å². The molecule has 0 aliphatic carbocycles. The molecule has 0 radical (unpaired) electrons. The highest BCUT2D eigenvalue weighted by atomic mass is 35.5. The summed E-state index contributed by atoms with van der Waals surface area (Å²) in [5.41, 5.74) is 5.02. The van der Waals surface area contributed by atoms with E-state index in [9.17, 15) is 18.9 Å². The van der Waals surface area contributed by atoms with Gasteiger partial charge in [0.15, 0.2) is 17.3 Å². The molecule has 0 aliphatic rings. The minimum absolute atomic E-state index is 0.0764. The predicted octanol–water partition coefficient (Wildman–Crippen LogP) is 3.78. The molecule has 0 spiro atoms. The predicted molar refractivity (Wildman–Crippen MR) is 72.4 cm³/mol. The Kier molecular flexibility index (Phi) is 4.35. The molecule has 0 amide bonds. The second-order valence-electron chi connectivity index (χ2n) is 4.03. The number of benzene rings is 2. The summed E-state index contributed by atoms with van der Waals surface area (Å²) in [7, 11) is 0. The van der Waals surface area contributed by atoms with Gasteiger partial charge < -0.3 is 10.5 Å². The lowest BCUT2D eigenvalue weighted by Gasteiger charge is -2.12. The minimum Gasteiger partial charge on any atom is -0.452 e. The minimum atomic E-state index is -1.21. The Morgan fingerprint density at radius 3 is 2.62 bits per heavy atom. The molecule has 0 saturated heterocycles. The van der Waals surface area contributed by atoms with E-state index in [1.165, 1.54) is 6.07 Å². The number of nitrogens with zero attached hydrogens (tertiary/aromatic N) is 1. The van der Waals surface area contributed by atoms with E-state index in [0.29, 0.717) is 17.7 Å². The van der Waals surface area contributed by atoms with Gasteiger partial charge >= 0.3 is 5.69 Å². The molecule has 2 aromatic rings. The second-order valence-corrected chi connectivity index (χ2v) is 4.43. The largest absolute Gasteiger partial charge is 0.452 e. The molecule has 2 aromatic carbocycles. The van der Waals surface area contributed by atoms with Crippen LogP contribution in [0.15, 0.2) is 30.3 Å². The zero-order chi connectivity index (χ0) is 15.6. The van der Waals surface area contributed by atoms with Crippen LogP contribution in [0.2, 0.25) is 5.02 Å². The van der Waals surface area contributed by atoms with Gasteiger partial charge in [-0.05, 0) is 6.07 Å². The first-order valence-electron chi connectivity index (χ1n) is 5.72. The molecule has 0 saturated carbocycles. The fraction of sp³-hybridized carbons (Fsp3) is 0.0769. The molecule has 0 unspecified atom stereocenters. The molecule has 0 aromatic heterocycles. The molecular formula is C13H9ClF2N2O3. The Bertz CT molecular complexity index is 710. The number of rotatable bonds is 4. The molecule has 5 nitrogen and oxygen atoms in total. The monoisotopic (exact) mass is 314 g/mol. The average molecular weight is 315 g/mol. The third-order valence-electron chi connectivity index (χ3n) is 2.68. The van der Waals surface area contributed by atoms with Gasteiger partial charge in [0.1, 0.15) is 0 Å². The van der Waals surface area contributed by atoms with Crippen LogP contribution in [0.5, 0.6) is 11.5 Å². The smallest absolute Gasteiger partial charge is 0.307 e. The maximum Gasteiger partial charge on any atom is 0.307 e. The number of halogens is 3. The van der Waals surface area contributed by atoms with Gasteiger partial charge in [0, 0.05) is 18.2 Å². The topological polar surface area (TPSA) is 78.4 Å². The summed E-state index contributed by atoms with van der Waals surface area (Å²) >= 11 is 5.93. The van der Waals surface area contributed by atoms with E-state index < -0.39 is 28.0 Å². The number of nitrogens with two attached hydrogens (primary N) is 1. The van der Waals surface area contributed by atoms with Crippen molar-refractivity contribution >= 4 is 17.3 Å². The van der Waals surface area contributed by atoms with Crippen LogP contribution in [0.25, 0.3) is 0 Å². The van der Waals surface area contributed by atoms with Crippen molar-refractivity contribution in [1.82, 2.24) is 0 Å². The molecule has 2 N–H and O–H groups in total. The van der Waals surface area contributed by atoms with Crippen LogP contribution >= 0.6 is 11.6 Å². The quantitative estimate of drug-likeness (QED) is 0.688. The molecule has 21 heavy (non-hydrogen) atoms. The van der Waals surface area contributed by atoms with Crippen LogP contribution in [0.4, 0.5) is 14.5 Å². The van der Waals surface area contributed by atoms with Crippen LogP contribution in [0.1, 0.15) is 5.56 Å². The van der Waals surface area contributed by atoms with Crippen molar-refractivity contribution in [3.8, 4) is 11.5 Å². The number of ether oxygens (including phenoxy) is 1. The Morgan fingerprint density at radius 1 is 1.29 bits per heavy atom. The second kappa shape index (κ2) is 6.02. The number of nitro benzene ring substituents is 1. The Balaban J connectivity index is 2.46. The van der Waals surface area contributed by atoms with Crippen LogP contribution in [-0.2, 0) is 6.54 Å².